The summed E-state index contributed by atoms with van der Waals surface area (Å²) in [4.78, 5) is 23.7. The fraction of sp³-hybridized carbons (Fsp3) is 0.125. The van der Waals surface area contributed by atoms with E-state index in [-0.39, 0.29) is 6.54 Å². The van der Waals surface area contributed by atoms with E-state index in [4.69, 9.17) is 11.6 Å². The lowest BCUT2D eigenvalue weighted by atomic mass is 10.2. The van der Waals surface area contributed by atoms with E-state index in [0.717, 1.165) is 15.6 Å². The Balaban J connectivity index is 1.92. The van der Waals surface area contributed by atoms with Crippen LogP contribution in [0, 0.1) is 6.92 Å². The number of carbonyl (C=O) groups excluding carboxylic acids is 2. The summed E-state index contributed by atoms with van der Waals surface area (Å²) < 4.78 is 0.728. The summed E-state index contributed by atoms with van der Waals surface area (Å²) in [5.41, 5.74) is 2.47. The van der Waals surface area contributed by atoms with Gasteiger partial charge in [-0.25, -0.2) is 0 Å². The van der Waals surface area contributed by atoms with Crippen LogP contribution < -0.4 is 10.6 Å². The first-order valence-corrected chi connectivity index (χ1v) is 7.72. The van der Waals surface area contributed by atoms with Crippen LogP contribution in [0.5, 0.6) is 0 Å². The van der Waals surface area contributed by atoms with Gasteiger partial charge in [-0.15, -0.1) is 0 Å². The molecule has 0 radical (unpaired) electrons. The smallest absolute Gasteiger partial charge is 0.313 e. The van der Waals surface area contributed by atoms with Crippen molar-refractivity contribution in [3.63, 3.8) is 0 Å². The van der Waals surface area contributed by atoms with Crippen LogP contribution in [0.2, 0.25) is 5.02 Å². The minimum Gasteiger partial charge on any atom is -0.344 e. The quantitative estimate of drug-likeness (QED) is 0.797. The first-order chi connectivity index (χ1) is 10.5. The van der Waals surface area contributed by atoms with Crippen molar-refractivity contribution in [2.24, 2.45) is 0 Å². The van der Waals surface area contributed by atoms with Crippen molar-refractivity contribution in [3.05, 3.63) is 63.1 Å². The van der Waals surface area contributed by atoms with Crippen molar-refractivity contribution in [2.45, 2.75) is 13.5 Å². The summed E-state index contributed by atoms with van der Waals surface area (Å²) in [6.07, 6.45) is 0. The third-order valence-corrected chi connectivity index (χ3v) is 3.85. The number of carbonyl (C=O) groups is 2. The largest absolute Gasteiger partial charge is 0.344 e. The summed E-state index contributed by atoms with van der Waals surface area (Å²) >= 11 is 9.13. The van der Waals surface area contributed by atoms with E-state index < -0.39 is 11.8 Å². The van der Waals surface area contributed by atoms with Crippen LogP contribution in [-0.4, -0.2) is 11.8 Å². The van der Waals surface area contributed by atoms with E-state index in [2.05, 4.69) is 26.6 Å². The van der Waals surface area contributed by atoms with Crippen LogP contribution in [0.4, 0.5) is 5.69 Å². The number of aryl methyl sites for hydroxylation is 1. The zero-order valence-electron chi connectivity index (χ0n) is 11.8. The molecule has 0 aliphatic rings. The molecule has 0 aliphatic heterocycles. The molecule has 0 spiro atoms. The van der Waals surface area contributed by atoms with Crippen LogP contribution in [0.25, 0.3) is 0 Å². The molecule has 2 aromatic carbocycles. The van der Waals surface area contributed by atoms with Gasteiger partial charge in [0.1, 0.15) is 0 Å². The lowest BCUT2D eigenvalue weighted by Gasteiger charge is -2.09. The van der Waals surface area contributed by atoms with E-state index in [1.165, 1.54) is 0 Å². The number of benzene rings is 2. The Labute approximate surface area is 142 Å². The molecule has 0 saturated heterocycles. The molecule has 0 saturated carbocycles. The van der Waals surface area contributed by atoms with E-state index in [0.29, 0.717) is 10.7 Å². The van der Waals surface area contributed by atoms with Crippen molar-refractivity contribution in [3.8, 4) is 0 Å². The van der Waals surface area contributed by atoms with Crippen molar-refractivity contribution >= 4 is 45.0 Å². The molecule has 2 N–H and O–H groups in total. The first-order valence-electron chi connectivity index (χ1n) is 6.55. The van der Waals surface area contributed by atoms with E-state index in [9.17, 15) is 9.59 Å². The van der Waals surface area contributed by atoms with Crippen molar-refractivity contribution in [1.29, 1.82) is 0 Å². The molecule has 2 rings (SSSR count). The van der Waals surface area contributed by atoms with Crippen LogP contribution in [-0.2, 0) is 16.1 Å². The molecule has 0 bridgehead atoms. The molecule has 0 fully saturated rings. The summed E-state index contributed by atoms with van der Waals surface area (Å²) in [5, 5.41) is 5.75. The Hall–Kier alpha value is -1.85. The highest BCUT2D eigenvalue weighted by atomic mass is 79.9. The van der Waals surface area contributed by atoms with Crippen LogP contribution in [0.3, 0.4) is 0 Å². The fourth-order valence-corrected chi connectivity index (χ4v) is 2.48. The third-order valence-electron chi connectivity index (χ3n) is 2.95. The van der Waals surface area contributed by atoms with E-state index in [1.54, 1.807) is 30.3 Å². The van der Waals surface area contributed by atoms with Crippen LogP contribution >= 0.6 is 27.5 Å². The summed E-state index contributed by atoms with van der Waals surface area (Å²) in [6.45, 7) is 2.20. The maximum atomic E-state index is 11.9. The monoisotopic (exact) mass is 380 g/mol. The summed E-state index contributed by atoms with van der Waals surface area (Å²) in [5.74, 6) is -1.40. The summed E-state index contributed by atoms with van der Waals surface area (Å²) in [7, 11) is 0. The average molecular weight is 382 g/mol. The zero-order valence-corrected chi connectivity index (χ0v) is 14.2. The molecule has 114 valence electrons. The maximum absolute atomic E-state index is 11.9. The molecular weight excluding hydrogens is 368 g/mol. The lowest BCUT2D eigenvalue weighted by molar-refractivity contribution is -0.136. The number of amides is 2. The van der Waals surface area contributed by atoms with E-state index in [1.807, 2.05) is 19.1 Å². The van der Waals surface area contributed by atoms with Gasteiger partial charge in [-0.2, -0.15) is 0 Å². The van der Waals surface area contributed by atoms with Gasteiger partial charge in [0.15, 0.2) is 0 Å². The van der Waals surface area contributed by atoms with Gasteiger partial charge in [0, 0.05) is 16.0 Å². The Morgan fingerprint density at radius 3 is 2.41 bits per heavy atom. The van der Waals surface area contributed by atoms with Gasteiger partial charge in [-0.3, -0.25) is 9.59 Å². The Morgan fingerprint density at radius 1 is 1.09 bits per heavy atom. The minimum atomic E-state index is -0.710. The predicted octanol–water partition coefficient (Wildman–Crippen LogP) is 3.67. The Kier molecular flexibility index (Phi) is 5.57. The Morgan fingerprint density at radius 2 is 1.77 bits per heavy atom. The molecule has 2 amide bonds. The van der Waals surface area contributed by atoms with Crippen LogP contribution in [0.1, 0.15) is 11.1 Å². The summed E-state index contributed by atoms with van der Waals surface area (Å²) in [6, 6.07) is 12.5. The number of hydrogen-bond donors (Lipinski definition) is 2. The van der Waals surface area contributed by atoms with Crippen molar-refractivity contribution in [1.82, 2.24) is 5.32 Å². The maximum Gasteiger partial charge on any atom is 0.313 e. The highest BCUT2D eigenvalue weighted by molar-refractivity contribution is 9.10. The second kappa shape index (κ2) is 7.42. The molecule has 0 aromatic heterocycles. The third kappa shape index (κ3) is 4.58. The van der Waals surface area contributed by atoms with Gasteiger partial charge in [-0.05, 0) is 58.2 Å². The highest BCUT2D eigenvalue weighted by Gasteiger charge is 2.14. The standard InChI is InChI=1S/C16H14BrClN2O2/c1-10-2-7-14(13(17)8-10)20-16(22)15(21)19-9-11-3-5-12(18)6-4-11/h2-8H,9H2,1H3,(H,19,21)(H,20,22). The zero-order chi connectivity index (χ0) is 16.1. The molecular formula is C16H14BrClN2O2. The molecule has 4 nitrogen and oxygen atoms in total. The normalized spacial score (nSPS) is 10.1. The molecule has 0 atom stereocenters. The average Bonchev–Trinajstić information content (AvgIpc) is 2.49. The van der Waals surface area contributed by atoms with Gasteiger partial charge in [0.2, 0.25) is 0 Å². The molecule has 0 unspecified atom stereocenters. The molecule has 0 aliphatic carbocycles. The molecule has 22 heavy (non-hydrogen) atoms. The number of nitrogens with one attached hydrogen (secondary N) is 2. The SMILES string of the molecule is Cc1ccc(NC(=O)C(=O)NCc2ccc(Cl)cc2)c(Br)c1. The van der Waals surface area contributed by atoms with Gasteiger partial charge >= 0.3 is 11.8 Å². The first kappa shape index (κ1) is 16.5. The number of hydrogen-bond acceptors (Lipinski definition) is 2. The Bertz CT molecular complexity index is 702. The second-order valence-electron chi connectivity index (χ2n) is 4.75. The number of anilines is 1. The van der Waals surface area contributed by atoms with E-state index >= 15 is 0 Å². The molecule has 0 heterocycles. The number of halogens is 2. The van der Waals surface area contributed by atoms with Gasteiger partial charge in [0.25, 0.3) is 0 Å². The topological polar surface area (TPSA) is 58.2 Å². The minimum absolute atomic E-state index is 0.262. The van der Waals surface area contributed by atoms with Gasteiger partial charge in [0.05, 0.1) is 5.69 Å². The van der Waals surface area contributed by atoms with Gasteiger partial charge < -0.3 is 10.6 Å². The van der Waals surface area contributed by atoms with Crippen molar-refractivity contribution in [2.75, 3.05) is 5.32 Å². The second-order valence-corrected chi connectivity index (χ2v) is 6.04. The van der Waals surface area contributed by atoms with Crippen molar-refractivity contribution < 1.29 is 9.59 Å². The lowest BCUT2D eigenvalue weighted by Crippen LogP contribution is -2.35. The molecule has 2 aromatic rings. The fourth-order valence-electron chi connectivity index (χ4n) is 1.77. The predicted molar refractivity (Wildman–Crippen MR) is 90.8 cm³/mol. The molecule has 6 heteroatoms. The highest BCUT2D eigenvalue weighted by Crippen LogP contribution is 2.23. The van der Waals surface area contributed by atoms with Crippen LogP contribution in [0.15, 0.2) is 46.9 Å². The number of rotatable bonds is 3. The van der Waals surface area contributed by atoms with Gasteiger partial charge in [-0.1, -0.05) is 29.8 Å².